The number of sulfonamides is 1. The molecule has 146 valence electrons. The Hall–Kier alpha value is -1.94. The number of amides is 1. The van der Waals surface area contributed by atoms with Gasteiger partial charge in [-0.05, 0) is 46.7 Å². The molecule has 0 N–H and O–H groups in total. The number of rotatable bonds is 7. The highest BCUT2D eigenvalue weighted by atomic mass is 32.2. The molecule has 0 aliphatic carbocycles. The molecule has 2 heterocycles. The topological polar surface area (TPSA) is 76.2 Å². The summed E-state index contributed by atoms with van der Waals surface area (Å²) in [6.07, 6.45) is 0. The summed E-state index contributed by atoms with van der Waals surface area (Å²) in [5, 5.41) is 3.97. The van der Waals surface area contributed by atoms with E-state index in [-0.39, 0.29) is 17.4 Å². The zero-order valence-corrected chi connectivity index (χ0v) is 16.7. The molecule has 0 bridgehead atoms. The van der Waals surface area contributed by atoms with Gasteiger partial charge in [0.1, 0.15) is 5.75 Å². The third kappa shape index (κ3) is 5.07. The second-order valence-corrected chi connectivity index (χ2v) is 8.88. The van der Waals surface area contributed by atoms with Crippen molar-refractivity contribution in [2.24, 2.45) is 0 Å². The standard InChI is InChI=1S/C18H22N2O5S2/c1-19(12-15-6-11-26-14-15)18(21)13-25-16-2-4-17(5-3-16)27(22,23)20-7-9-24-10-8-20/h2-6,11,14H,7-10,12-13H2,1H3. The predicted octanol–water partition coefficient (Wildman–Crippen LogP) is 1.81. The van der Waals surface area contributed by atoms with E-state index in [1.807, 2.05) is 16.8 Å². The van der Waals surface area contributed by atoms with Crippen molar-refractivity contribution in [1.29, 1.82) is 0 Å². The summed E-state index contributed by atoms with van der Waals surface area (Å²) in [6.45, 7) is 1.94. The summed E-state index contributed by atoms with van der Waals surface area (Å²) < 4.78 is 37.3. The molecule has 0 saturated carbocycles. The molecule has 1 amide bonds. The average molecular weight is 411 g/mol. The smallest absolute Gasteiger partial charge is 0.260 e. The van der Waals surface area contributed by atoms with E-state index in [1.54, 1.807) is 35.4 Å². The third-order valence-corrected chi connectivity index (χ3v) is 6.86. The lowest BCUT2D eigenvalue weighted by Crippen LogP contribution is -2.40. The van der Waals surface area contributed by atoms with Crippen LogP contribution in [0, 0.1) is 0 Å². The molecule has 2 aromatic rings. The number of hydrogen-bond donors (Lipinski definition) is 0. The number of carbonyl (C=O) groups excluding carboxylic acids is 1. The van der Waals surface area contributed by atoms with E-state index in [0.717, 1.165) is 5.56 Å². The van der Waals surface area contributed by atoms with Gasteiger partial charge in [0.15, 0.2) is 6.61 Å². The highest BCUT2D eigenvalue weighted by molar-refractivity contribution is 7.89. The van der Waals surface area contributed by atoms with Gasteiger partial charge in [0.25, 0.3) is 5.91 Å². The van der Waals surface area contributed by atoms with Crippen molar-refractivity contribution in [2.75, 3.05) is 40.0 Å². The molecule has 3 rings (SSSR count). The predicted molar refractivity (Wildman–Crippen MR) is 102 cm³/mol. The number of morpholine rings is 1. The minimum Gasteiger partial charge on any atom is -0.484 e. The van der Waals surface area contributed by atoms with Crippen molar-refractivity contribution in [1.82, 2.24) is 9.21 Å². The summed E-state index contributed by atoms with van der Waals surface area (Å²) in [5.41, 5.74) is 1.08. The Morgan fingerprint density at radius 3 is 2.56 bits per heavy atom. The van der Waals surface area contributed by atoms with Crippen molar-refractivity contribution in [3.05, 3.63) is 46.7 Å². The Morgan fingerprint density at radius 2 is 1.93 bits per heavy atom. The highest BCUT2D eigenvalue weighted by Crippen LogP contribution is 2.20. The number of ether oxygens (including phenoxy) is 2. The van der Waals surface area contributed by atoms with Crippen LogP contribution < -0.4 is 4.74 Å². The van der Waals surface area contributed by atoms with Crippen molar-refractivity contribution < 1.29 is 22.7 Å². The third-order valence-electron chi connectivity index (χ3n) is 4.22. The maximum atomic E-state index is 12.6. The van der Waals surface area contributed by atoms with Crippen molar-refractivity contribution >= 4 is 27.3 Å². The summed E-state index contributed by atoms with van der Waals surface area (Å²) in [5.74, 6) is 0.305. The van der Waals surface area contributed by atoms with Gasteiger partial charge in [0.05, 0.1) is 18.1 Å². The Balaban J connectivity index is 1.55. The van der Waals surface area contributed by atoms with Crippen LogP contribution in [0.2, 0.25) is 0 Å². The Bertz CT molecular complexity index is 844. The van der Waals surface area contributed by atoms with E-state index >= 15 is 0 Å². The van der Waals surface area contributed by atoms with Crippen molar-refractivity contribution in [3.8, 4) is 5.75 Å². The summed E-state index contributed by atoms with van der Waals surface area (Å²) in [7, 11) is -1.81. The molecule has 1 aromatic heterocycles. The lowest BCUT2D eigenvalue weighted by Gasteiger charge is -2.26. The van der Waals surface area contributed by atoms with E-state index in [4.69, 9.17) is 9.47 Å². The van der Waals surface area contributed by atoms with Crippen LogP contribution in [0.5, 0.6) is 5.75 Å². The number of thiophene rings is 1. The molecule has 1 aliphatic heterocycles. The second-order valence-electron chi connectivity index (χ2n) is 6.16. The summed E-state index contributed by atoms with van der Waals surface area (Å²) in [4.78, 5) is 14.0. The van der Waals surface area contributed by atoms with Crippen LogP contribution in [0.15, 0.2) is 46.0 Å². The van der Waals surface area contributed by atoms with Gasteiger partial charge < -0.3 is 14.4 Å². The first-order valence-corrected chi connectivity index (χ1v) is 10.9. The number of benzene rings is 1. The fraction of sp³-hybridized carbons (Fsp3) is 0.389. The second kappa shape index (κ2) is 8.83. The fourth-order valence-electron chi connectivity index (χ4n) is 2.64. The van der Waals surface area contributed by atoms with Crippen LogP contribution in [0.3, 0.4) is 0 Å². The quantitative estimate of drug-likeness (QED) is 0.696. The van der Waals surface area contributed by atoms with Gasteiger partial charge in [-0.2, -0.15) is 15.6 Å². The van der Waals surface area contributed by atoms with Gasteiger partial charge in [-0.3, -0.25) is 4.79 Å². The molecule has 0 spiro atoms. The van der Waals surface area contributed by atoms with Gasteiger partial charge in [-0.1, -0.05) is 0 Å². The van der Waals surface area contributed by atoms with Gasteiger partial charge >= 0.3 is 0 Å². The first kappa shape index (κ1) is 19.8. The molecule has 1 aliphatic rings. The molecule has 0 radical (unpaired) electrons. The molecule has 0 unspecified atom stereocenters. The van der Waals surface area contributed by atoms with Crippen LogP contribution >= 0.6 is 11.3 Å². The van der Waals surface area contributed by atoms with Crippen LogP contribution in [0.4, 0.5) is 0 Å². The van der Waals surface area contributed by atoms with Crippen molar-refractivity contribution in [3.63, 3.8) is 0 Å². The van der Waals surface area contributed by atoms with E-state index in [0.29, 0.717) is 38.6 Å². The monoisotopic (exact) mass is 410 g/mol. The number of nitrogens with zero attached hydrogens (tertiary/aromatic N) is 2. The first-order chi connectivity index (χ1) is 13.0. The molecule has 27 heavy (non-hydrogen) atoms. The number of carbonyl (C=O) groups is 1. The van der Waals surface area contributed by atoms with Gasteiger partial charge in [-0.15, -0.1) is 0 Å². The molecule has 1 saturated heterocycles. The normalized spacial score (nSPS) is 15.4. The Labute approximate surface area is 163 Å². The maximum Gasteiger partial charge on any atom is 0.260 e. The van der Waals surface area contributed by atoms with E-state index < -0.39 is 10.0 Å². The number of hydrogen-bond acceptors (Lipinski definition) is 6. The van der Waals surface area contributed by atoms with Crippen LogP contribution in [-0.2, 0) is 26.1 Å². The van der Waals surface area contributed by atoms with Crippen LogP contribution in [-0.4, -0.2) is 63.5 Å². The highest BCUT2D eigenvalue weighted by Gasteiger charge is 2.26. The molecule has 9 heteroatoms. The van der Waals surface area contributed by atoms with E-state index in [2.05, 4.69) is 0 Å². The maximum absolute atomic E-state index is 12.6. The molecular formula is C18H22N2O5S2. The zero-order valence-electron chi connectivity index (χ0n) is 15.0. The molecule has 7 nitrogen and oxygen atoms in total. The Kier molecular flexibility index (Phi) is 6.48. The fourth-order valence-corrected chi connectivity index (χ4v) is 4.71. The first-order valence-electron chi connectivity index (χ1n) is 8.52. The van der Waals surface area contributed by atoms with Crippen LogP contribution in [0.1, 0.15) is 5.56 Å². The molecular weight excluding hydrogens is 388 g/mol. The molecule has 0 atom stereocenters. The lowest BCUT2D eigenvalue weighted by molar-refractivity contribution is -0.132. The SMILES string of the molecule is CN(Cc1ccsc1)C(=O)COc1ccc(S(=O)(=O)N2CCOCC2)cc1. The van der Waals surface area contributed by atoms with E-state index in [1.165, 1.54) is 16.4 Å². The van der Waals surface area contributed by atoms with E-state index in [9.17, 15) is 13.2 Å². The minimum absolute atomic E-state index is 0.101. The van der Waals surface area contributed by atoms with Gasteiger partial charge in [-0.25, -0.2) is 8.42 Å². The zero-order chi connectivity index (χ0) is 19.3. The molecule has 1 aromatic carbocycles. The lowest BCUT2D eigenvalue weighted by atomic mass is 10.3. The van der Waals surface area contributed by atoms with Crippen molar-refractivity contribution in [2.45, 2.75) is 11.4 Å². The molecule has 1 fully saturated rings. The Morgan fingerprint density at radius 1 is 1.22 bits per heavy atom. The van der Waals surface area contributed by atoms with Gasteiger partial charge in [0.2, 0.25) is 10.0 Å². The summed E-state index contributed by atoms with van der Waals surface area (Å²) in [6, 6.07) is 8.11. The van der Waals surface area contributed by atoms with Crippen LogP contribution in [0.25, 0.3) is 0 Å². The largest absolute Gasteiger partial charge is 0.484 e. The summed E-state index contributed by atoms with van der Waals surface area (Å²) >= 11 is 1.59. The van der Waals surface area contributed by atoms with Gasteiger partial charge in [0, 0.05) is 26.7 Å². The average Bonchev–Trinajstić information content (AvgIpc) is 3.20. The minimum atomic E-state index is -3.53. The number of likely N-dealkylation sites (N-methyl/N-ethyl adjacent to an activating group) is 1.